The minimum absolute atomic E-state index is 0.0185. The van der Waals surface area contributed by atoms with E-state index in [1.165, 1.54) is 6.07 Å². The fourth-order valence-corrected chi connectivity index (χ4v) is 2.09. The lowest BCUT2D eigenvalue weighted by molar-refractivity contribution is -0.121. The molecule has 1 aliphatic heterocycles. The molecule has 3 nitrogen and oxygen atoms in total. The summed E-state index contributed by atoms with van der Waals surface area (Å²) in [5, 5.41) is 5.94. The van der Waals surface area contributed by atoms with Crippen LogP contribution in [0.5, 0.6) is 0 Å². The van der Waals surface area contributed by atoms with E-state index >= 15 is 0 Å². The van der Waals surface area contributed by atoms with E-state index in [4.69, 9.17) is 0 Å². The third-order valence-corrected chi connectivity index (χ3v) is 3.73. The summed E-state index contributed by atoms with van der Waals surface area (Å²) in [5.74, 6) is 0.0215. The van der Waals surface area contributed by atoms with Crippen molar-refractivity contribution in [3.8, 4) is 0 Å². The highest BCUT2D eigenvalue weighted by Gasteiger charge is 2.28. The standard InChI is InChI=1S/C12H14BrFN2O/c1-7(8-5-15-6-8)12(17)16-9-2-3-11(14)10(13)4-9/h2-4,7-8,15H,5-6H2,1H3,(H,16,17). The summed E-state index contributed by atoms with van der Waals surface area (Å²) in [4.78, 5) is 11.9. The van der Waals surface area contributed by atoms with Crippen LogP contribution in [0, 0.1) is 17.7 Å². The molecule has 1 fully saturated rings. The van der Waals surface area contributed by atoms with Crippen LogP contribution in [-0.4, -0.2) is 19.0 Å². The summed E-state index contributed by atoms with van der Waals surface area (Å²) in [7, 11) is 0. The zero-order valence-electron chi connectivity index (χ0n) is 9.47. The molecule has 1 heterocycles. The van der Waals surface area contributed by atoms with E-state index in [2.05, 4.69) is 26.6 Å². The average molecular weight is 301 g/mol. The summed E-state index contributed by atoms with van der Waals surface area (Å²) >= 11 is 3.09. The molecule has 1 amide bonds. The van der Waals surface area contributed by atoms with Crippen molar-refractivity contribution >= 4 is 27.5 Å². The second-order valence-electron chi connectivity index (χ2n) is 4.33. The van der Waals surface area contributed by atoms with E-state index in [1.54, 1.807) is 12.1 Å². The van der Waals surface area contributed by atoms with Crippen molar-refractivity contribution in [2.75, 3.05) is 18.4 Å². The topological polar surface area (TPSA) is 41.1 Å². The van der Waals surface area contributed by atoms with Crippen molar-refractivity contribution in [1.82, 2.24) is 5.32 Å². The van der Waals surface area contributed by atoms with Crippen molar-refractivity contribution < 1.29 is 9.18 Å². The molecule has 1 atom stereocenters. The van der Waals surface area contributed by atoms with Crippen LogP contribution < -0.4 is 10.6 Å². The molecule has 1 unspecified atom stereocenters. The van der Waals surface area contributed by atoms with Gasteiger partial charge in [-0.25, -0.2) is 4.39 Å². The molecular formula is C12H14BrFN2O. The summed E-state index contributed by atoms with van der Waals surface area (Å²) in [5.41, 5.74) is 0.613. The summed E-state index contributed by atoms with van der Waals surface area (Å²) in [6, 6.07) is 4.46. The third-order valence-electron chi connectivity index (χ3n) is 3.12. The lowest BCUT2D eigenvalue weighted by Gasteiger charge is -2.31. The Labute approximate surface area is 108 Å². The molecule has 1 aliphatic rings. The Morgan fingerprint density at radius 2 is 2.29 bits per heavy atom. The number of halogens is 2. The number of anilines is 1. The van der Waals surface area contributed by atoms with Crippen LogP contribution in [0.25, 0.3) is 0 Å². The molecule has 92 valence electrons. The van der Waals surface area contributed by atoms with Gasteiger partial charge in [-0.3, -0.25) is 4.79 Å². The van der Waals surface area contributed by atoms with Crippen LogP contribution in [0.15, 0.2) is 22.7 Å². The van der Waals surface area contributed by atoms with Crippen LogP contribution in [-0.2, 0) is 4.79 Å². The van der Waals surface area contributed by atoms with Gasteiger partial charge in [-0.1, -0.05) is 6.92 Å². The molecule has 2 N–H and O–H groups in total. The lowest BCUT2D eigenvalue weighted by atomic mass is 9.88. The molecular weight excluding hydrogens is 287 g/mol. The Hall–Kier alpha value is -0.940. The Kier molecular flexibility index (Phi) is 3.79. The first kappa shape index (κ1) is 12.5. The molecule has 0 saturated carbocycles. The minimum Gasteiger partial charge on any atom is -0.326 e. The van der Waals surface area contributed by atoms with E-state index < -0.39 is 0 Å². The first-order valence-electron chi connectivity index (χ1n) is 5.54. The van der Waals surface area contributed by atoms with Gasteiger partial charge in [0.15, 0.2) is 0 Å². The Balaban J connectivity index is 1.99. The van der Waals surface area contributed by atoms with Gasteiger partial charge in [-0.05, 0) is 53.1 Å². The number of rotatable bonds is 3. The molecule has 1 aromatic rings. The van der Waals surface area contributed by atoms with Gasteiger partial charge in [-0.15, -0.1) is 0 Å². The smallest absolute Gasteiger partial charge is 0.227 e. The van der Waals surface area contributed by atoms with Crippen LogP contribution >= 0.6 is 15.9 Å². The zero-order valence-corrected chi connectivity index (χ0v) is 11.1. The molecule has 5 heteroatoms. The Morgan fingerprint density at radius 1 is 1.59 bits per heavy atom. The SMILES string of the molecule is CC(C(=O)Nc1ccc(F)c(Br)c1)C1CNC1. The van der Waals surface area contributed by atoms with Gasteiger partial charge in [-0.2, -0.15) is 0 Å². The van der Waals surface area contributed by atoms with Crippen LogP contribution in [0.1, 0.15) is 6.92 Å². The predicted octanol–water partition coefficient (Wildman–Crippen LogP) is 2.38. The van der Waals surface area contributed by atoms with Crippen molar-refractivity contribution in [3.05, 3.63) is 28.5 Å². The number of hydrogen-bond acceptors (Lipinski definition) is 2. The fraction of sp³-hybridized carbons (Fsp3) is 0.417. The van der Waals surface area contributed by atoms with Crippen molar-refractivity contribution in [2.24, 2.45) is 11.8 Å². The normalized spacial score (nSPS) is 17.4. The first-order chi connectivity index (χ1) is 8.08. The minimum atomic E-state index is -0.334. The third kappa shape index (κ3) is 2.84. The highest BCUT2D eigenvalue weighted by atomic mass is 79.9. The molecule has 0 aromatic heterocycles. The number of benzene rings is 1. The molecule has 0 spiro atoms. The second kappa shape index (κ2) is 5.14. The highest BCUT2D eigenvalue weighted by molar-refractivity contribution is 9.10. The van der Waals surface area contributed by atoms with Crippen LogP contribution in [0.3, 0.4) is 0 Å². The van der Waals surface area contributed by atoms with Gasteiger partial charge in [0.1, 0.15) is 5.82 Å². The molecule has 1 aromatic carbocycles. The molecule has 0 bridgehead atoms. The van der Waals surface area contributed by atoms with Crippen molar-refractivity contribution in [2.45, 2.75) is 6.92 Å². The Bertz CT molecular complexity index is 435. The van der Waals surface area contributed by atoms with Gasteiger partial charge < -0.3 is 10.6 Å². The monoisotopic (exact) mass is 300 g/mol. The van der Waals surface area contributed by atoms with E-state index in [0.717, 1.165) is 13.1 Å². The van der Waals surface area contributed by atoms with Gasteiger partial charge >= 0.3 is 0 Å². The van der Waals surface area contributed by atoms with E-state index in [-0.39, 0.29) is 17.6 Å². The first-order valence-corrected chi connectivity index (χ1v) is 6.34. The maximum atomic E-state index is 13.0. The number of amides is 1. The maximum absolute atomic E-state index is 13.0. The number of carbonyl (C=O) groups is 1. The fourth-order valence-electron chi connectivity index (χ4n) is 1.71. The van der Waals surface area contributed by atoms with Crippen molar-refractivity contribution in [1.29, 1.82) is 0 Å². The van der Waals surface area contributed by atoms with Crippen LogP contribution in [0.2, 0.25) is 0 Å². The van der Waals surface area contributed by atoms with E-state index in [0.29, 0.717) is 16.1 Å². The molecule has 0 radical (unpaired) electrons. The maximum Gasteiger partial charge on any atom is 0.227 e. The lowest BCUT2D eigenvalue weighted by Crippen LogP contribution is -2.48. The largest absolute Gasteiger partial charge is 0.326 e. The van der Waals surface area contributed by atoms with Gasteiger partial charge in [0.25, 0.3) is 0 Å². The zero-order chi connectivity index (χ0) is 12.4. The predicted molar refractivity (Wildman–Crippen MR) is 68.3 cm³/mol. The Morgan fingerprint density at radius 3 is 2.82 bits per heavy atom. The van der Waals surface area contributed by atoms with Gasteiger partial charge in [0, 0.05) is 11.6 Å². The summed E-state index contributed by atoms with van der Waals surface area (Å²) in [6.45, 7) is 3.70. The summed E-state index contributed by atoms with van der Waals surface area (Å²) < 4.78 is 13.4. The quantitative estimate of drug-likeness (QED) is 0.900. The van der Waals surface area contributed by atoms with E-state index in [1.807, 2.05) is 6.92 Å². The number of carbonyl (C=O) groups excluding carboxylic acids is 1. The molecule has 2 rings (SSSR count). The molecule has 0 aliphatic carbocycles. The van der Waals surface area contributed by atoms with Crippen LogP contribution in [0.4, 0.5) is 10.1 Å². The number of hydrogen-bond donors (Lipinski definition) is 2. The summed E-state index contributed by atoms with van der Waals surface area (Å²) in [6.07, 6.45) is 0. The molecule has 1 saturated heterocycles. The average Bonchev–Trinajstić information content (AvgIpc) is 2.21. The second-order valence-corrected chi connectivity index (χ2v) is 5.18. The van der Waals surface area contributed by atoms with Crippen molar-refractivity contribution in [3.63, 3.8) is 0 Å². The molecule has 17 heavy (non-hydrogen) atoms. The van der Waals surface area contributed by atoms with Gasteiger partial charge in [0.2, 0.25) is 5.91 Å². The highest BCUT2D eigenvalue weighted by Crippen LogP contribution is 2.22. The van der Waals surface area contributed by atoms with E-state index in [9.17, 15) is 9.18 Å². The number of nitrogens with one attached hydrogen (secondary N) is 2. The van der Waals surface area contributed by atoms with Gasteiger partial charge in [0.05, 0.1) is 4.47 Å².